The van der Waals surface area contributed by atoms with Gasteiger partial charge >= 0.3 is 11.9 Å². The molecule has 4 heteroatoms. The van der Waals surface area contributed by atoms with Crippen molar-refractivity contribution >= 4 is 11.9 Å². The molecule has 0 saturated heterocycles. The molecule has 0 aromatic carbocycles. The Bertz CT molecular complexity index is 259. The lowest BCUT2D eigenvalue weighted by Crippen LogP contribution is -1.99. The maximum absolute atomic E-state index is 10.8. The number of methoxy groups -OCH3 is 2. The second-order valence-corrected chi connectivity index (χ2v) is 4.16. The highest BCUT2D eigenvalue weighted by Crippen LogP contribution is 2.09. The molecule has 0 unspecified atom stereocenters. The van der Waals surface area contributed by atoms with Crippen molar-refractivity contribution in [3.05, 3.63) is 12.2 Å². The van der Waals surface area contributed by atoms with E-state index in [0.717, 1.165) is 38.5 Å². The van der Waals surface area contributed by atoms with Crippen molar-refractivity contribution in [1.82, 2.24) is 0 Å². The molecule has 0 fully saturated rings. The Morgan fingerprint density at radius 3 is 2.11 bits per heavy atom. The van der Waals surface area contributed by atoms with Crippen LogP contribution >= 0.6 is 0 Å². The van der Waals surface area contributed by atoms with Crippen molar-refractivity contribution in [2.45, 2.75) is 51.4 Å². The summed E-state index contributed by atoms with van der Waals surface area (Å²) in [5.41, 5.74) is 0. The van der Waals surface area contributed by atoms with Crippen LogP contribution in [0.2, 0.25) is 0 Å². The summed E-state index contributed by atoms with van der Waals surface area (Å²) in [7, 11) is 2.80. The zero-order valence-electron chi connectivity index (χ0n) is 11.4. The van der Waals surface area contributed by atoms with Gasteiger partial charge in [-0.05, 0) is 19.3 Å². The van der Waals surface area contributed by atoms with Crippen LogP contribution in [0, 0.1) is 0 Å². The minimum atomic E-state index is -0.294. The van der Waals surface area contributed by atoms with Crippen LogP contribution in [0.15, 0.2) is 12.2 Å². The minimum absolute atomic E-state index is 0.122. The predicted molar refractivity (Wildman–Crippen MR) is 70.1 cm³/mol. The second-order valence-electron chi connectivity index (χ2n) is 4.16. The lowest BCUT2D eigenvalue weighted by atomic mass is 10.1. The molecule has 18 heavy (non-hydrogen) atoms. The largest absolute Gasteiger partial charge is 0.469 e. The average molecular weight is 256 g/mol. The second kappa shape index (κ2) is 12.1. The Kier molecular flexibility index (Phi) is 11.3. The Balaban J connectivity index is 3.19. The number of hydrogen-bond donors (Lipinski definition) is 0. The van der Waals surface area contributed by atoms with Gasteiger partial charge in [0.2, 0.25) is 0 Å². The summed E-state index contributed by atoms with van der Waals surface area (Å²) in [5, 5.41) is 0. The van der Waals surface area contributed by atoms with Crippen LogP contribution in [0.25, 0.3) is 0 Å². The summed E-state index contributed by atoms with van der Waals surface area (Å²) >= 11 is 0. The first-order valence-corrected chi connectivity index (χ1v) is 6.52. The van der Waals surface area contributed by atoms with Crippen LogP contribution in [-0.2, 0) is 19.1 Å². The van der Waals surface area contributed by atoms with Crippen LogP contribution in [-0.4, -0.2) is 26.2 Å². The van der Waals surface area contributed by atoms with Crippen LogP contribution < -0.4 is 0 Å². The third-order valence-electron chi connectivity index (χ3n) is 2.68. The fraction of sp³-hybridized carbons (Fsp3) is 0.714. The number of hydrogen-bond acceptors (Lipinski definition) is 4. The van der Waals surface area contributed by atoms with Gasteiger partial charge in [0.05, 0.1) is 14.2 Å². The molecule has 0 N–H and O–H groups in total. The molecule has 104 valence electrons. The molecule has 0 atom stereocenters. The first-order chi connectivity index (χ1) is 8.70. The Morgan fingerprint density at radius 1 is 0.889 bits per heavy atom. The van der Waals surface area contributed by atoms with E-state index in [0.29, 0.717) is 6.42 Å². The van der Waals surface area contributed by atoms with Gasteiger partial charge in [-0.15, -0.1) is 0 Å². The van der Waals surface area contributed by atoms with E-state index in [1.807, 2.05) is 6.08 Å². The lowest BCUT2D eigenvalue weighted by Gasteiger charge is -2.00. The first kappa shape index (κ1) is 16.7. The Labute approximate surface area is 109 Å². The van der Waals surface area contributed by atoms with Gasteiger partial charge in [-0.3, -0.25) is 4.79 Å². The smallest absolute Gasteiger partial charge is 0.330 e. The van der Waals surface area contributed by atoms with Gasteiger partial charge in [0.25, 0.3) is 0 Å². The Morgan fingerprint density at radius 2 is 1.50 bits per heavy atom. The molecule has 0 aliphatic rings. The molecule has 0 amide bonds. The van der Waals surface area contributed by atoms with E-state index in [-0.39, 0.29) is 11.9 Å². The summed E-state index contributed by atoms with van der Waals surface area (Å²) < 4.78 is 9.05. The van der Waals surface area contributed by atoms with Gasteiger partial charge in [0.1, 0.15) is 0 Å². The van der Waals surface area contributed by atoms with Crippen LogP contribution in [0.5, 0.6) is 0 Å². The zero-order chi connectivity index (χ0) is 13.6. The van der Waals surface area contributed by atoms with E-state index in [1.165, 1.54) is 26.7 Å². The summed E-state index contributed by atoms with van der Waals surface area (Å²) in [6.07, 6.45) is 11.3. The van der Waals surface area contributed by atoms with Crippen molar-refractivity contribution in [1.29, 1.82) is 0 Å². The molecule has 0 spiro atoms. The average Bonchev–Trinajstić information content (AvgIpc) is 2.40. The van der Waals surface area contributed by atoms with Crippen molar-refractivity contribution in [2.75, 3.05) is 14.2 Å². The van der Waals surface area contributed by atoms with Crippen LogP contribution in [0.1, 0.15) is 51.4 Å². The fourth-order valence-corrected chi connectivity index (χ4v) is 1.59. The number of rotatable bonds is 10. The molecule has 4 nitrogen and oxygen atoms in total. The van der Waals surface area contributed by atoms with Gasteiger partial charge in [-0.2, -0.15) is 0 Å². The molecular weight excluding hydrogens is 232 g/mol. The molecule has 0 aliphatic heterocycles. The van der Waals surface area contributed by atoms with Crippen LogP contribution in [0.4, 0.5) is 0 Å². The summed E-state index contributed by atoms with van der Waals surface area (Å²) in [6.45, 7) is 0. The molecule has 0 aromatic rings. The topological polar surface area (TPSA) is 52.6 Å². The van der Waals surface area contributed by atoms with Crippen molar-refractivity contribution in [3.8, 4) is 0 Å². The summed E-state index contributed by atoms with van der Waals surface area (Å²) in [4.78, 5) is 21.6. The molecule has 0 saturated carbocycles. The number of carbonyl (C=O) groups excluding carboxylic acids is 2. The molecular formula is C14H24O4. The minimum Gasteiger partial charge on any atom is -0.469 e. The molecule has 0 radical (unpaired) electrons. The number of carbonyl (C=O) groups is 2. The number of ether oxygens (including phenoxy) is 2. The summed E-state index contributed by atoms with van der Waals surface area (Å²) in [5.74, 6) is -0.416. The number of esters is 2. The van der Waals surface area contributed by atoms with Gasteiger partial charge < -0.3 is 9.47 Å². The zero-order valence-corrected chi connectivity index (χ0v) is 11.4. The monoisotopic (exact) mass is 256 g/mol. The van der Waals surface area contributed by atoms with E-state index in [1.54, 1.807) is 0 Å². The quantitative estimate of drug-likeness (QED) is 0.342. The number of unbranched alkanes of at least 4 members (excludes halogenated alkanes) is 6. The van der Waals surface area contributed by atoms with E-state index in [4.69, 9.17) is 0 Å². The predicted octanol–water partition coefficient (Wildman–Crippen LogP) is 3.01. The standard InChI is InChI=1S/C14H24O4/c1-17-13(15)11-9-7-5-3-4-6-8-10-12-14(16)18-2/h9,11H,3-8,10,12H2,1-2H3/b11-9+. The SMILES string of the molecule is COC(=O)/C=C/CCCCCCCCC(=O)OC. The van der Waals surface area contributed by atoms with Gasteiger partial charge in [0.15, 0.2) is 0 Å². The van der Waals surface area contributed by atoms with E-state index >= 15 is 0 Å². The molecule has 0 rings (SSSR count). The molecule has 0 heterocycles. The van der Waals surface area contributed by atoms with Crippen molar-refractivity contribution in [2.24, 2.45) is 0 Å². The van der Waals surface area contributed by atoms with E-state index < -0.39 is 0 Å². The van der Waals surface area contributed by atoms with Gasteiger partial charge in [0, 0.05) is 12.5 Å². The third kappa shape index (κ3) is 11.2. The van der Waals surface area contributed by atoms with Crippen LogP contribution in [0.3, 0.4) is 0 Å². The van der Waals surface area contributed by atoms with E-state index in [9.17, 15) is 9.59 Å². The highest BCUT2D eigenvalue weighted by atomic mass is 16.5. The maximum Gasteiger partial charge on any atom is 0.330 e. The third-order valence-corrected chi connectivity index (χ3v) is 2.68. The molecule has 0 aliphatic carbocycles. The highest BCUT2D eigenvalue weighted by Gasteiger charge is 1.98. The van der Waals surface area contributed by atoms with E-state index in [2.05, 4.69) is 9.47 Å². The lowest BCUT2D eigenvalue weighted by molar-refractivity contribution is -0.140. The highest BCUT2D eigenvalue weighted by molar-refractivity contribution is 5.81. The fourth-order valence-electron chi connectivity index (χ4n) is 1.59. The van der Waals surface area contributed by atoms with Gasteiger partial charge in [-0.25, -0.2) is 4.79 Å². The maximum atomic E-state index is 10.8. The number of allylic oxidation sites excluding steroid dienone is 1. The first-order valence-electron chi connectivity index (χ1n) is 6.52. The molecule has 0 bridgehead atoms. The normalized spacial score (nSPS) is 10.6. The van der Waals surface area contributed by atoms with Crippen molar-refractivity contribution in [3.63, 3.8) is 0 Å². The summed E-state index contributed by atoms with van der Waals surface area (Å²) in [6, 6.07) is 0. The Hall–Kier alpha value is -1.32. The molecule has 0 aromatic heterocycles. The van der Waals surface area contributed by atoms with Crippen molar-refractivity contribution < 1.29 is 19.1 Å². The van der Waals surface area contributed by atoms with Gasteiger partial charge in [-0.1, -0.05) is 31.8 Å².